The van der Waals surface area contributed by atoms with Crippen LogP contribution >= 0.6 is 11.6 Å². The van der Waals surface area contributed by atoms with Crippen LogP contribution in [0.5, 0.6) is 0 Å². The number of ether oxygens (including phenoxy) is 1. The van der Waals surface area contributed by atoms with E-state index in [2.05, 4.69) is 23.9 Å². The summed E-state index contributed by atoms with van der Waals surface area (Å²) in [6.45, 7) is 11.5. The normalized spacial score (nSPS) is 13.1. The lowest BCUT2D eigenvalue weighted by Crippen LogP contribution is -2.39. The first-order chi connectivity index (χ1) is 15.0. The van der Waals surface area contributed by atoms with Gasteiger partial charge in [0.2, 0.25) is 0 Å². The number of hydrogen-bond donors (Lipinski definition) is 0. The first-order valence-electron chi connectivity index (χ1n) is 10.5. The van der Waals surface area contributed by atoms with Crippen LogP contribution in [-0.2, 0) is 4.74 Å². The highest BCUT2D eigenvalue weighted by Crippen LogP contribution is 2.32. The summed E-state index contributed by atoms with van der Waals surface area (Å²) in [5, 5.41) is 4.79. The zero-order chi connectivity index (χ0) is 23.2. The highest BCUT2D eigenvalue weighted by molar-refractivity contribution is 6.29. The molecule has 32 heavy (non-hydrogen) atoms. The molecular formula is C23H27ClN6O2. The second kappa shape index (κ2) is 8.09. The van der Waals surface area contributed by atoms with Gasteiger partial charge in [-0.25, -0.2) is 14.8 Å². The average Bonchev–Trinajstić information content (AvgIpc) is 3.30. The van der Waals surface area contributed by atoms with E-state index in [1.54, 1.807) is 16.8 Å². The summed E-state index contributed by atoms with van der Waals surface area (Å²) < 4.78 is 9.31. The van der Waals surface area contributed by atoms with E-state index >= 15 is 0 Å². The Bertz CT molecular complexity index is 1250. The monoisotopic (exact) mass is 454 g/mol. The number of aromatic nitrogens is 5. The van der Waals surface area contributed by atoms with Crippen LogP contribution in [0.25, 0.3) is 11.3 Å². The molecule has 4 rings (SSSR count). The van der Waals surface area contributed by atoms with Gasteiger partial charge >= 0.3 is 6.09 Å². The van der Waals surface area contributed by atoms with Gasteiger partial charge in [-0.1, -0.05) is 31.5 Å². The fraction of sp³-hybridized carbons (Fsp3) is 0.391. The summed E-state index contributed by atoms with van der Waals surface area (Å²) in [4.78, 5) is 24.2. The number of pyridine rings is 1. The van der Waals surface area contributed by atoms with Crippen LogP contribution in [0.3, 0.4) is 0 Å². The molecule has 1 amide bonds. The minimum atomic E-state index is -0.683. The van der Waals surface area contributed by atoms with Gasteiger partial charge in [-0.3, -0.25) is 4.90 Å². The van der Waals surface area contributed by atoms with Crippen LogP contribution in [0.2, 0.25) is 5.15 Å². The Kier molecular flexibility index (Phi) is 5.58. The largest absolute Gasteiger partial charge is 0.443 e. The Morgan fingerprint density at radius 2 is 1.94 bits per heavy atom. The van der Waals surface area contributed by atoms with E-state index in [0.717, 1.165) is 11.2 Å². The lowest BCUT2D eigenvalue weighted by Gasteiger charge is -2.31. The maximum atomic E-state index is 13.4. The molecule has 0 aliphatic heterocycles. The third-order valence-electron chi connectivity index (χ3n) is 5.11. The molecule has 0 spiro atoms. The predicted octanol–water partition coefficient (Wildman–Crippen LogP) is 5.66. The molecule has 4 aromatic heterocycles. The SMILES string of the molecule is CC(C)c1cnn2c(N(C(=O)OC(C)(C)C)C(C)c3cn4ccccc4n3)cc(Cl)nc12. The minimum Gasteiger partial charge on any atom is -0.443 e. The maximum Gasteiger partial charge on any atom is 0.416 e. The molecule has 0 aliphatic carbocycles. The third kappa shape index (κ3) is 4.14. The first-order valence-corrected chi connectivity index (χ1v) is 10.9. The lowest BCUT2D eigenvalue weighted by atomic mass is 10.1. The second-order valence-electron chi connectivity index (χ2n) is 9.09. The van der Waals surface area contributed by atoms with Gasteiger partial charge in [0, 0.05) is 24.0 Å². The molecular weight excluding hydrogens is 428 g/mol. The number of nitrogens with zero attached hydrogens (tertiary/aromatic N) is 6. The van der Waals surface area contributed by atoms with Crippen molar-refractivity contribution in [3.05, 3.63) is 59.3 Å². The van der Waals surface area contributed by atoms with Crippen molar-refractivity contribution in [1.82, 2.24) is 24.0 Å². The van der Waals surface area contributed by atoms with E-state index in [9.17, 15) is 4.79 Å². The van der Waals surface area contributed by atoms with E-state index in [-0.39, 0.29) is 11.1 Å². The fourth-order valence-corrected chi connectivity index (χ4v) is 3.74. The van der Waals surface area contributed by atoms with E-state index in [1.807, 2.05) is 62.7 Å². The Balaban J connectivity index is 1.89. The average molecular weight is 455 g/mol. The molecule has 9 heteroatoms. The van der Waals surface area contributed by atoms with Crippen LogP contribution in [0.1, 0.15) is 64.8 Å². The summed E-state index contributed by atoms with van der Waals surface area (Å²) in [7, 11) is 0. The van der Waals surface area contributed by atoms with Gasteiger partial charge in [0.05, 0.1) is 17.9 Å². The molecule has 4 heterocycles. The van der Waals surface area contributed by atoms with Gasteiger partial charge in [0.1, 0.15) is 22.2 Å². The van der Waals surface area contributed by atoms with Crippen molar-refractivity contribution in [3.63, 3.8) is 0 Å². The van der Waals surface area contributed by atoms with Crippen molar-refractivity contribution in [2.45, 2.75) is 59.1 Å². The van der Waals surface area contributed by atoms with Crippen LogP contribution < -0.4 is 4.90 Å². The zero-order valence-electron chi connectivity index (χ0n) is 19.1. The topological polar surface area (TPSA) is 77.0 Å². The van der Waals surface area contributed by atoms with Crippen molar-refractivity contribution >= 4 is 34.8 Å². The second-order valence-corrected chi connectivity index (χ2v) is 9.47. The molecule has 1 atom stereocenters. The van der Waals surface area contributed by atoms with Crippen LogP contribution in [0.4, 0.5) is 10.6 Å². The van der Waals surface area contributed by atoms with Gasteiger partial charge in [0.15, 0.2) is 5.65 Å². The third-order valence-corrected chi connectivity index (χ3v) is 5.30. The first kappa shape index (κ1) is 22.1. The van der Waals surface area contributed by atoms with Gasteiger partial charge < -0.3 is 9.14 Å². The van der Waals surface area contributed by atoms with E-state index in [1.165, 1.54) is 4.90 Å². The number of amides is 1. The van der Waals surface area contributed by atoms with Gasteiger partial charge in [-0.05, 0) is 45.7 Å². The van der Waals surface area contributed by atoms with Crippen molar-refractivity contribution in [2.75, 3.05) is 4.90 Å². The molecule has 0 aromatic carbocycles. The van der Waals surface area contributed by atoms with E-state index in [0.29, 0.717) is 17.2 Å². The van der Waals surface area contributed by atoms with Crippen molar-refractivity contribution in [2.24, 2.45) is 0 Å². The molecule has 0 saturated heterocycles. The minimum absolute atomic E-state index is 0.192. The van der Waals surface area contributed by atoms with Crippen LogP contribution in [0, 0.1) is 0 Å². The highest BCUT2D eigenvalue weighted by Gasteiger charge is 2.32. The predicted molar refractivity (Wildman–Crippen MR) is 124 cm³/mol. The van der Waals surface area contributed by atoms with E-state index < -0.39 is 17.7 Å². The molecule has 0 aliphatic rings. The maximum absolute atomic E-state index is 13.4. The molecule has 0 saturated carbocycles. The number of anilines is 1. The van der Waals surface area contributed by atoms with E-state index in [4.69, 9.17) is 21.3 Å². The van der Waals surface area contributed by atoms with Crippen molar-refractivity contribution in [3.8, 4) is 0 Å². The Hall–Kier alpha value is -3.13. The number of halogens is 1. The van der Waals surface area contributed by atoms with Crippen molar-refractivity contribution in [1.29, 1.82) is 0 Å². The molecule has 0 bridgehead atoms. The highest BCUT2D eigenvalue weighted by atomic mass is 35.5. The lowest BCUT2D eigenvalue weighted by molar-refractivity contribution is 0.0565. The molecule has 0 fully saturated rings. The summed E-state index contributed by atoms with van der Waals surface area (Å²) in [6.07, 6.45) is 5.06. The molecule has 4 aromatic rings. The standard InChI is InChI=1S/C23H27ClN6O2/c1-14(2)16-12-25-30-20(11-18(24)27-21(16)30)29(22(31)32-23(4,5)6)15(3)17-13-28-10-8-7-9-19(28)26-17/h7-15H,1-6H3. The Morgan fingerprint density at radius 1 is 1.19 bits per heavy atom. The van der Waals surface area contributed by atoms with Crippen LogP contribution in [0.15, 0.2) is 42.9 Å². The molecule has 8 nitrogen and oxygen atoms in total. The number of imidazole rings is 1. The number of fused-ring (bicyclic) bond motifs is 2. The summed E-state index contributed by atoms with van der Waals surface area (Å²) in [6, 6.07) is 6.93. The summed E-state index contributed by atoms with van der Waals surface area (Å²) in [5.74, 6) is 0.655. The summed E-state index contributed by atoms with van der Waals surface area (Å²) >= 11 is 6.40. The smallest absolute Gasteiger partial charge is 0.416 e. The quantitative estimate of drug-likeness (QED) is 0.372. The number of carbonyl (C=O) groups is 1. The van der Waals surface area contributed by atoms with Gasteiger partial charge in [-0.15, -0.1) is 0 Å². The Morgan fingerprint density at radius 3 is 2.59 bits per heavy atom. The van der Waals surface area contributed by atoms with Gasteiger partial charge in [-0.2, -0.15) is 9.61 Å². The fourth-order valence-electron chi connectivity index (χ4n) is 3.56. The zero-order valence-corrected chi connectivity index (χ0v) is 19.8. The van der Waals surface area contributed by atoms with Crippen molar-refractivity contribution < 1.29 is 9.53 Å². The number of rotatable bonds is 4. The number of carbonyl (C=O) groups excluding carboxylic acids is 1. The van der Waals surface area contributed by atoms with Crippen LogP contribution in [-0.4, -0.2) is 35.7 Å². The molecule has 0 radical (unpaired) electrons. The summed E-state index contributed by atoms with van der Waals surface area (Å²) in [5.41, 5.74) is 2.37. The Labute approximate surface area is 191 Å². The molecule has 1 unspecified atom stereocenters. The molecule has 0 N–H and O–H groups in total. The molecule has 168 valence electrons. The number of hydrogen-bond acceptors (Lipinski definition) is 5. The van der Waals surface area contributed by atoms with Gasteiger partial charge in [0.25, 0.3) is 0 Å².